The van der Waals surface area contributed by atoms with E-state index in [0.717, 1.165) is 22.0 Å². The lowest BCUT2D eigenvalue weighted by molar-refractivity contribution is -0.129. The van der Waals surface area contributed by atoms with Gasteiger partial charge in [-0.15, -0.1) is 0 Å². The summed E-state index contributed by atoms with van der Waals surface area (Å²) in [5.41, 5.74) is 2.67. The second kappa shape index (κ2) is 7.54. The molecule has 4 rings (SSSR count). The normalized spacial score (nSPS) is 16.8. The van der Waals surface area contributed by atoms with Gasteiger partial charge in [-0.25, -0.2) is 4.39 Å². The smallest absolute Gasteiger partial charge is 0.290 e. The Kier molecular flexibility index (Phi) is 4.92. The number of Topliss-reactive ketones (excluding diaryl/α,β-unsaturated/α-hetero) is 1. The molecule has 1 unspecified atom stereocenters. The predicted molar refractivity (Wildman–Crippen MR) is 108 cm³/mol. The Morgan fingerprint density at radius 1 is 1.17 bits per heavy atom. The van der Waals surface area contributed by atoms with Gasteiger partial charge in [-0.05, 0) is 30.2 Å². The zero-order chi connectivity index (χ0) is 20.5. The minimum atomic E-state index is -0.661. The zero-order valence-corrected chi connectivity index (χ0v) is 16.0. The highest BCUT2D eigenvalue weighted by Gasteiger charge is 2.43. The fraction of sp³-hybridized carbons (Fsp3) is 0.217. The number of carbonyl (C=O) groups is 2. The molecule has 0 bridgehead atoms. The summed E-state index contributed by atoms with van der Waals surface area (Å²) in [6.45, 7) is 2.00. The van der Waals surface area contributed by atoms with Gasteiger partial charge in [-0.3, -0.25) is 9.59 Å². The molecule has 1 amide bonds. The molecular formula is C23H21FN2O3. The van der Waals surface area contributed by atoms with Crippen LogP contribution in [0.4, 0.5) is 4.39 Å². The number of ketones is 1. The van der Waals surface area contributed by atoms with Crippen LogP contribution in [-0.4, -0.2) is 33.2 Å². The lowest BCUT2D eigenvalue weighted by Crippen LogP contribution is -2.33. The summed E-state index contributed by atoms with van der Waals surface area (Å²) in [4.78, 5) is 30.2. The van der Waals surface area contributed by atoms with E-state index < -0.39 is 17.7 Å². The number of aliphatic hydroxyl groups excluding tert-OH is 1. The molecule has 1 aromatic heterocycles. The topological polar surface area (TPSA) is 73.4 Å². The van der Waals surface area contributed by atoms with Crippen molar-refractivity contribution in [2.45, 2.75) is 25.8 Å². The van der Waals surface area contributed by atoms with Crippen LogP contribution in [0.5, 0.6) is 0 Å². The molecule has 148 valence electrons. The summed E-state index contributed by atoms with van der Waals surface area (Å²) in [6.07, 6.45) is 2.46. The van der Waals surface area contributed by atoms with Crippen molar-refractivity contribution in [2.75, 3.05) is 6.54 Å². The van der Waals surface area contributed by atoms with Crippen molar-refractivity contribution >= 4 is 22.6 Å². The Morgan fingerprint density at radius 2 is 1.90 bits per heavy atom. The van der Waals surface area contributed by atoms with Gasteiger partial charge in [0, 0.05) is 35.6 Å². The number of aromatic nitrogens is 1. The fourth-order valence-electron chi connectivity index (χ4n) is 3.90. The first-order valence-electron chi connectivity index (χ1n) is 9.59. The average Bonchev–Trinajstić information content (AvgIpc) is 3.26. The van der Waals surface area contributed by atoms with Crippen molar-refractivity contribution in [1.29, 1.82) is 0 Å². The number of aliphatic hydroxyl groups is 1. The summed E-state index contributed by atoms with van der Waals surface area (Å²) < 4.78 is 13.2. The van der Waals surface area contributed by atoms with Gasteiger partial charge in [0.05, 0.1) is 11.6 Å². The monoisotopic (exact) mass is 392 g/mol. The maximum atomic E-state index is 13.2. The molecule has 29 heavy (non-hydrogen) atoms. The maximum Gasteiger partial charge on any atom is 0.290 e. The van der Waals surface area contributed by atoms with E-state index in [9.17, 15) is 19.1 Å². The van der Waals surface area contributed by atoms with E-state index in [0.29, 0.717) is 13.0 Å². The third kappa shape index (κ3) is 3.31. The molecule has 0 saturated carbocycles. The highest BCUT2D eigenvalue weighted by atomic mass is 19.1. The van der Waals surface area contributed by atoms with Crippen LogP contribution in [0, 0.1) is 5.82 Å². The summed E-state index contributed by atoms with van der Waals surface area (Å²) in [6, 6.07) is 13.1. The summed E-state index contributed by atoms with van der Waals surface area (Å²) in [5.74, 6) is -1.61. The Hall–Kier alpha value is -3.41. The van der Waals surface area contributed by atoms with Gasteiger partial charge in [-0.2, -0.15) is 0 Å². The number of halogens is 1. The molecule has 3 aromatic rings. The van der Waals surface area contributed by atoms with Crippen molar-refractivity contribution in [2.24, 2.45) is 0 Å². The number of rotatable bonds is 6. The molecule has 1 aliphatic heterocycles. The molecule has 0 aliphatic carbocycles. The van der Waals surface area contributed by atoms with Gasteiger partial charge in [0.1, 0.15) is 5.82 Å². The minimum Gasteiger partial charge on any atom is -0.503 e. The van der Waals surface area contributed by atoms with Crippen LogP contribution < -0.4 is 0 Å². The molecule has 0 saturated heterocycles. The van der Waals surface area contributed by atoms with Crippen LogP contribution in [0.25, 0.3) is 10.9 Å². The van der Waals surface area contributed by atoms with E-state index >= 15 is 0 Å². The molecule has 6 heteroatoms. The third-order valence-electron chi connectivity index (χ3n) is 5.40. The van der Waals surface area contributed by atoms with Gasteiger partial charge >= 0.3 is 0 Å². The highest BCUT2D eigenvalue weighted by molar-refractivity contribution is 6.09. The molecule has 1 aliphatic rings. The predicted octanol–water partition coefficient (Wildman–Crippen LogP) is 4.22. The van der Waals surface area contributed by atoms with Crippen molar-refractivity contribution in [3.8, 4) is 0 Å². The van der Waals surface area contributed by atoms with Crippen LogP contribution in [0.1, 0.15) is 30.5 Å². The number of H-pyrrole nitrogens is 1. The van der Waals surface area contributed by atoms with E-state index in [1.165, 1.54) is 17.0 Å². The first-order valence-corrected chi connectivity index (χ1v) is 9.59. The van der Waals surface area contributed by atoms with Crippen molar-refractivity contribution in [3.05, 3.63) is 83.0 Å². The first kappa shape index (κ1) is 18.9. The quantitative estimate of drug-likeness (QED) is 0.660. The lowest BCUT2D eigenvalue weighted by atomic mass is 9.94. The Bertz CT molecular complexity index is 1110. The summed E-state index contributed by atoms with van der Waals surface area (Å²) in [5, 5.41) is 11.4. The fourth-order valence-corrected chi connectivity index (χ4v) is 3.90. The molecule has 0 fully saturated rings. The third-order valence-corrected chi connectivity index (χ3v) is 5.40. The van der Waals surface area contributed by atoms with Gasteiger partial charge in [0.25, 0.3) is 5.91 Å². The average molecular weight is 392 g/mol. The number of carbonyl (C=O) groups excluding carboxylic acids is 2. The number of hydrogen-bond donors (Lipinski definition) is 2. The molecule has 1 atom stereocenters. The standard InChI is InChI=1S/C23H21FN2O3/c1-2-19(27)20-21(17-13-25-18-6-4-3-5-16(17)18)26(23(29)22(20)28)12-11-14-7-9-15(24)10-8-14/h3-10,13,21,25,28H,2,11-12H2,1H3. The highest BCUT2D eigenvalue weighted by Crippen LogP contribution is 2.40. The number of nitrogens with zero attached hydrogens (tertiary/aromatic N) is 1. The molecular weight excluding hydrogens is 371 g/mol. The number of amides is 1. The Balaban J connectivity index is 1.73. The summed E-state index contributed by atoms with van der Waals surface area (Å²) in [7, 11) is 0. The molecule has 2 heterocycles. The van der Waals surface area contributed by atoms with E-state index in [-0.39, 0.29) is 23.6 Å². The second-order valence-electron chi connectivity index (χ2n) is 7.11. The number of nitrogens with one attached hydrogen (secondary N) is 1. The number of para-hydroxylation sites is 1. The molecule has 0 spiro atoms. The van der Waals surface area contributed by atoms with Gasteiger partial charge in [0.2, 0.25) is 0 Å². The van der Waals surface area contributed by atoms with E-state index in [1.807, 2.05) is 24.3 Å². The van der Waals surface area contributed by atoms with Crippen LogP contribution >= 0.6 is 0 Å². The van der Waals surface area contributed by atoms with Gasteiger partial charge < -0.3 is 15.0 Å². The largest absolute Gasteiger partial charge is 0.503 e. The van der Waals surface area contributed by atoms with Crippen LogP contribution in [0.3, 0.4) is 0 Å². The molecule has 0 radical (unpaired) electrons. The van der Waals surface area contributed by atoms with Crippen LogP contribution in [-0.2, 0) is 16.0 Å². The van der Waals surface area contributed by atoms with E-state index in [2.05, 4.69) is 4.98 Å². The van der Waals surface area contributed by atoms with Gasteiger partial charge in [0.15, 0.2) is 11.5 Å². The zero-order valence-electron chi connectivity index (χ0n) is 16.0. The van der Waals surface area contributed by atoms with E-state index in [1.54, 1.807) is 25.3 Å². The number of benzene rings is 2. The minimum absolute atomic E-state index is 0.140. The lowest BCUT2D eigenvalue weighted by Gasteiger charge is -2.26. The SMILES string of the molecule is CCC(=O)C1=C(O)C(=O)N(CCc2ccc(F)cc2)C1c1c[nH]c2ccccc12. The summed E-state index contributed by atoms with van der Waals surface area (Å²) >= 11 is 0. The molecule has 2 aromatic carbocycles. The second-order valence-corrected chi connectivity index (χ2v) is 7.11. The number of aromatic amines is 1. The maximum absolute atomic E-state index is 13.2. The van der Waals surface area contributed by atoms with E-state index in [4.69, 9.17) is 0 Å². The van der Waals surface area contributed by atoms with Crippen molar-refractivity contribution in [1.82, 2.24) is 9.88 Å². The molecule has 2 N–H and O–H groups in total. The first-order chi connectivity index (χ1) is 14.0. The van der Waals surface area contributed by atoms with Gasteiger partial charge in [-0.1, -0.05) is 37.3 Å². The number of fused-ring (bicyclic) bond motifs is 1. The van der Waals surface area contributed by atoms with Crippen LogP contribution in [0.15, 0.2) is 66.1 Å². The Labute approximate surface area is 167 Å². The molecule has 5 nitrogen and oxygen atoms in total. The number of hydrogen-bond acceptors (Lipinski definition) is 3. The van der Waals surface area contributed by atoms with Crippen molar-refractivity contribution in [3.63, 3.8) is 0 Å². The van der Waals surface area contributed by atoms with Crippen molar-refractivity contribution < 1.29 is 19.1 Å². The Morgan fingerprint density at radius 3 is 2.62 bits per heavy atom. The van der Waals surface area contributed by atoms with Crippen LogP contribution in [0.2, 0.25) is 0 Å².